The Morgan fingerprint density at radius 1 is 1.30 bits per heavy atom. The Morgan fingerprint density at radius 2 is 2.05 bits per heavy atom. The first-order valence-electron chi connectivity index (χ1n) is 6.08. The molecule has 0 spiro atoms. The zero-order valence-electron chi connectivity index (χ0n) is 10.9. The molecule has 0 fully saturated rings. The van der Waals surface area contributed by atoms with Crippen molar-refractivity contribution in [3.63, 3.8) is 0 Å². The third-order valence-corrected chi connectivity index (χ3v) is 5.98. The lowest BCUT2D eigenvalue weighted by atomic mass is 10.3. The molecule has 0 amide bonds. The van der Waals surface area contributed by atoms with Gasteiger partial charge in [-0.3, -0.25) is 4.72 Å². The second kappa shape index (κ2) is 6.88. The summed E-state index contributed by atoms with van der Waals surface area (Å²) in [6.07, 6.45) is 0. The predicted octanol–water partition coefficient (Wildman–Crippen LogP) is 3.26. The van der Waals surface area contributed by atoms with Crippen LogP contribution in [0, 0.1) is 3.57 Å². The molecule has 1 aromatic heterocycles. The number of anilines is 1. The lowest BCUT2D eigenvalue weighted by Crippen LogP contribution is -2.13. The van der Waals surface area contributed by atoms with Gasteiger partial charge in [0.05, 0.1) is 10.6 Å². The van der Waals surface area contributed by atoms with E-state index in [1.807, 2.05) is 25.1 Å². The van der Waals surface area contributed by atoms with Gasteiger partial charge in [-0.1, -0.05) is 19.1 Å². The number of hydrogen-bond donors (Lipinski definition) is 2. The van der Waals surface area contributed by atoms with Gasteiger partial charge >= 0.3 is 0 Å². The van der Waals surface area contributed by atoms with Crippen molar-refractivity contribution in [3.8, 4) is 0 Å². The largest absolute Gasteiger partial charge is 0.312 e. The van der Waals surface area contributed by atoms with Gasteiger partial charge in [0.1, 0.15) is 0 Å². The van der Waals surface area contributed by atoms with Crippen molar-refractivity contribution in [1.82, 2.24) is 5.32 Å². The van der Waals surface area contributed by atoms with Gasteiger partial charge in [-0.2, -0.15) is 0 Å². The van der Waals surface area contributed by atoms with Crippen LogP contribution in [0.5, 0.6) is 0 Å². The van der Waals surface area contributed by atoms with Crippen molar-refractivity contribution in [1.29, 1.82) is 0 Å². The Labute approximate surface area is 136 Å². The van der Waals surface area contributed by atoms with Gasteiger partial charge in [0.25, 0.3) is 10.0 Å². The summed E-state index contributed by atoms with van der Waals surface area (Å²) in [5.41, 5.74) is 0.604. The molecule has 0 bridgehead atoms. The van der Waals surface area contributed by atoms with Crippen LogP contribution in [-0.4, -0.2) is 15.0 Å². The summed E-state index contributed by atoms with van der Waals surface area (Å²) in [7, 11) is -3.51. The van der Waals surface area contributed by atoms with Crippen LogP contribution < -0.4 is 10.0 Å². The number of thiophene rings is 1. The fraction of sp³-hybridized carbons (Fsp3) is 0.231. The third-order valence-electron chi connectivity index (χ3n) is 2.61. The molecule has 1 aromatic carbocycles. The van der Waals surface area contributed by atoms with E-state index in [0.717, 1.165) is 15.0 Å². The quantitative estimate of drug-likeness (QED) is 0.703. The van der Waals surface area contributed by atoms with E-state index in [-0.39, 0.29) is 0 Å². The SMILES string of the molecule is CCNCc1cc(S(=O)(=O)Nc2ccccc2I)cs1. The van der Waals surface area contributed by atoms with Crippen molar-refractivity contribution < 1.29 is 8.42 Å². The number of para-hydroxylation sites is 1. The van der Waals surface area contributed by atoms with E-state index in [1.165, 1.54) is 11.3 Å². The lowest BCUT2D eigenvalue weighted by molar-refractivity contribution is 0.601. The summed E-state index contributed by atoms with van der Waals surface area (Å²) in [5, 5.41) is 4.85. The number of nitrogens with one attached hydrogen (secondary N) is 2. The molecule has 0 aliphatic rings. The Balaban J connectivity index is 2.18. The summed E-state index contributed by atoms with van der Waals surface area (Å²) < 4.78 is 28.1. The van der Waals surface area contributed by atoms with E-state index in [4.69, 9.17) is 0 Å². The molecule has 0 aliphatic heterocycles. The van der Waals surface area contributed by atoms with Gasteiger partial charge in [0, 0.05) is 20.4 Å². The Morgan fingerprint density at radius 3 is 2.75 bits per heavy atom. The smallest absolute Gasteiger partial charge is 0.262 e. The average Bonchev–Trinajstić information content (AvgIpc) is 2.88. The molecule has 20 heavy (non-hydrogen) atoms. The van der Waals surface area contributed by atoms with E-state index < -0.39 is 10.0 Å². The van der Waals surface area contributed by atoms with Crippen LogP contribution in [-0.2, 0) is 16.6 Å². The first kappa shape index (κ1) is 15.7. The van der Waals surface area contributed by atoms with E-state index >= 15 is 0 Å². The van der Waals surface area contributed by atoms with Gasteiger partial charge in [-0.05, 0) is 47.3 Å². The van der Waals surface area contributed by atoms with E-state index in [9.17, 15) is 8.42 Å². The summed E-state index contributed by atoms with van der Waals surface area (Å²) in [6, 6.07) is 9.02. The Bertz CT molecular complexity index is 683. The van der Waals surface area contributed by atoms with Crippen molar-refractivity contribution in [2.45, 2.75) is 18.4 Å². The van der Waals surface area contributed by atoms with Crippen molar-refractivity contribution in [2.75, 3.05) is 11.3 Å². The number of benzene rings is 1. The van der Waals surface area contributed by atoms with Gasteiger partial charge < -0.3 is 5.32 Å². The number of hydrogen-bond acceptors (Lipinski definition) is 4. The molecule has 0 saturated carbocycles. The highest BCUT2D eigenvalue weighted by Gasteiger charge is 2.17. The third kappa shape index (κ3) is 3.94. The van der Waals surface area contributed by atoms with Crippen molar-refractivity contribution in [3.05, 3.63) is 44.2 Å². The summed E-state index contributed by atoms with van der Waals surface area (Å²) in [6.45, 7) is 3.57. The van der Waals surface area contributed by atoms with Crippen LogP contribution in [0.3, 0.4) is 0 Å². The molecule has 0 atom stereocenters. The van der Waals surface area contributed by atoms with Gasteiger partial charge in [-0.15, -0.1) is 11.3 Å². The van der Waals surface area contributed by atoms with Crippen LogP contribution in [0.1, 0.15) is 11.8 Å². The zero-order chi connectivity index (χ0) is 14.6. The molecular formula is C13H15IN2O2S2. The molecule has 0 saturated heterocycles. The first-order chi connectivity index (χ1) is 9.53. The van der Waals surface area contributed by atoms with Gasteiger partial charge in [0.15, 0.2) is 0 Å². The fourth-order valence-corrected chi connectivity index (χ4v) is 4.62. The van der Waals surface area contributed by atoms with Crippen LogP contribution in [0.4, 0.5) is 5.69 Å². The molecule has 0 radical (unpaired) electrons. The molecule has 2 N–H and O–H groups in total. The normalized spacial score (nSPS) is 11.5. The highest BCUT2D eigenvalue weighted by Crippen LogP contribution is 2.24. The van der Waals surface area contributed by atoms with E-state index in [1.54, 1.807) is 17.5 Å². The highest BCUT2D eigenvalue weighted by atomic mass is 127. The molecule has 0 unspecified atom stereocenters. The second-order valence-corrected chi connectivity index (χ2v) is 7.95. The summed E-state index contributed by atoms with van der Waals surface area (Å²) in [4.78, 5) is 1.32. The molecule has 0 aliphatic carbocycles. The highest BCUT2D eigenvalue weighted by molar-refractivity contribution is 14.1. The second-order valence-electron chi connectivity index (χ2n) is 4.11. The van der Waals surface area contributed by atoms with Crippen molar-refractivity contribution >= 4 is 49.6 Å². The van der Waals surface area contributed by atoms with Crippen molar-refractivity contribution in [2.24, 2.45) is 0 Å². The maximum absolute atomic E-state index is 12.3. The summed E-state index contributed by atoms with van der Waals surface area (Å²) >= 11 is 3.56. The molecule has 108 valence electrons. The van der Waals surface area contributed by atoms with Crippen LogP contribution >= 0.6 is 33.9 Å². The fourth-order valence-electron chi connectivity index (χ4n) is 1.59. The molecule has 7 heteroatoms. The Hall–Kier alpha value is -0.640. The monoisotopic (exact) mass is 422 g/mol. The molecule has 2 aromatic rings. The van der Waals surface area contributed by atoms with E-state index in [2.05, 4.69) is 32.6 Å². The van der Waals surface area contributed by atoms with Gasteiger partial charge in [0.2, 0.25) is 0 Å². The number of sulfonamides is 1. The van der Waals surface area contributed by atoms with E-state index in [0.29, 0.717) is 17.1 Å². The minimum atomic E-state index is -3.51. The molecule has 1 heterocycles. The number of halogens is 1. The van der Waals surface area contributed by atoms with Gasteiger partial charge in [-0.25, -0.2) is 8.42 Å². The first-order valence-corrected chi connectivity index (χ1v) is 9.52. The maximum Gasteiger partial charge on any atom is 0.262 e. The minimum Gasteiger partial charge on any atom is -0.312 e. The van der Waals surface area contributed by atoms with Crippen LogP contribution in [0.15, 0.2) is 40.6 Å². The van der Waals surface area contributed by atoms with Crippen LogP contribution in [0.25, 0.3) is 0 Å². The molecule has 2 rings (SSSR count). The average molecular weight is 422 g/mol. The van der Waals surface area contributed by atoms with Crippen LogP contribution in [0.2, 0.25) is 0 Å². The maximum atomic E-state index is 12.3. The lowest BCUT2D eigenvalue weighted by Gasteiger charge is -2.08. The number of rotatable bonds is 6. The standard InChI is InChI=1S/C13H15IN2O2S2/c1-2-15-8-10-7-11(9-19-10)20(17,18)16-13-6-4-3-5-12(13)14/h3-7,9,15-16H,2,8H2,1H3. The Kier molecular flexibility index (Phi) is 5.42. The zero-order valence-corrected chi connectivity index (χ0v) is 14.7. The predicted molar refractivity (Wildman–Crippen MR) is 91.7 cm³/mol. The summed E-state index contributed by atoms with van der Waals surface area (Å²) in [5.74, 6) is 0. The molecule has 4 nitrogen and oxygen atoms in total. The molecular weight excluding hydrogens is 407 g/mol. The topological polar surface area (TPSA) is 58.2 Å². The minimum absolute atomic E-state index is 0.315.